The van der Waals surface area contributed by atoms with Crippen molar-refractivity contribution in [1.82, 2.24) is 9.97 Å². The van der Waals surface area contributed by atoms with Gasteiger partial charge in [-0.15, -0.1) is 0 Å². The molecule has 10 nitrogen and oxygen atoms in total. The normalized spacial score (nSPS) is 20.6. The summed E-state index contributed by atoms with van der Waals surface area (Å²) in [6.45, 7) is 3.83. The Hall–Kier alpha value is -3.31. The second-order valence-corrected chi connectivity index (χ2v) is 8.65. The summed E-state index contributed by atoms with van der Waals surface area (Å²) in [6.07, 6.45) is 5.22. The molecule has 34 heavy (non-hydrogen) atoms. The lowest BCUT2D eigenvalue weighted by atomic mass is 9.91. The molecule has 0 radical (unpaired) electrons. The Morgan fingerprint density at radius 1 is 1.15 bits per heavy atom. The van der Waals surface area contributed by atoms with Gasteiger partial charge in [0.1, 0.15) is 11.6 Å². The van der Waals surface area contributed by atoms with Crippen molar-refractivity contribution in [1.29, 1.82) is 0 Å². The van der Waals surface area contributed by atoms with E-state index in [1.807, 2.05) is 4.90 Å². The number of aromatic nitrogens is 2. The topological polar surface area (TPSA) is 148 Å². The number of nitrogens with one attached hydrogen (secondary N) is 2. The van der Waals surface area contributed by atoms with Crippen molar-refractivity contribution in [2.24, 2.45) is 11.5 Å². The van der Waals surface area contributed by atoms with E-state index in [0.717, 1.165) is 31.7 Å². The van der Waals surface area contributed by atoms with Crippen LogP contribution in [0.2, 0.25) is 0 Å². The first-order valence-electron chi connectivity index (χ1n) is 11.5. The maximum absolute atomic E-state index is 14.8. The number of ether oxygens (including phenoxy) is 1. The molecule has 1 saturated carbocycles. The fourth-order valence-electron chi connectivity index (χ4n) is 4.34. The smallest absolute Gasteiger partial charge is 0.252 e. The fourth-order valence-corrected chi connectivity index (χ4v) is 4.34. The van der Waals surface area contributed by atoms with Gasteiger partial charge in [0.25, 0.3) is 5.91 Å². The van der Waals surface area contributed by atoms with Crippen LogP contribution in [0.1, 0.15) is 53.3 Å². The van der Waals surface area contributed by atoms with Gasteiger partial charge in [-0.25, -0.2) is 14.4 Å². The van der Waals surface area contributed by atoms with Crippen LogP contribution in [-0.2, 0) is 4.74 Å². The molecule has 1 saturated heterocycles. The summed E-state index contributed by atoms with van der Waals surface area (Å²) in [5, 5.41) is 6.07. The van der Waals surface area contributed by atoms with E-state index < -0.39 is 11.7 Å². The van der Waals surface area contributed by atoms with Gasteiger partial charge in [-0.1, -0.05) is 12.8 Å². The number of halogens is 1. The standard InChI is InChI=1S/C23H30FN7O3/c1-13(32)15-10-14(12-27-23(15)31-6-8-34-9-7-31)28-21-16(20(26)33)11-17(24)22(30-21)29-19-5-3-2-4-18(19)25/h10-12,18-19H,2-9,25H2,1H3,(H2,26,33)(H2,28,29,30)/t18-,19+/m0/s1. The predicted octanol–water partition coefficient (Wildman–Crippen LogP) is 2.18. The summed E-state index contributed by atoms with van der Waals surface area (Å²) in [4.78, 5) is 35.1. The third-order valence-corrected chi connectivity index (χ3v) is 6.20. The van der Waals surface area contributed by atoms with Crippen LogP contribution in [0.3, 0.4) is 0 Å². The quantitative estimate of drug-likeness (QED) is 0.446. The monoisotopic (exact) mass is 471 g/mol. The van der Waals surface area contributed by atoms with Gasteiger partial charge >= 0.3 is 0 Å². The van der Waals surface area contributed by atoms with E-state index in [1.165, 1.54) is 13.1 Å². The summed E-state index contributed by atoms with van der Waals surface area (Å²) in [5.74, 6) is -1.07. The molecule has 182 valence electrons. The van der Waals surface area contributed by atoms with Crippen molar-refractivity contribution >= 4 is 34.8 Å². The number of hydrogen-bond donors (Lipinski definition) is 4. The van der Waals surface area contributed by atoms with Crippen molar-refractivity contribution < 1.29 is 18.7 Å². The number of carbonyl (C=O) groups is 2. The minimum atomic E-state index is -0.834. The average Bonchev–Trinajstić information content (AvgIpc) is 2.82. The van der Waals surface area contributed by atoms with E-state index in [9.17, 15) is 14.0 Å². The van der Waals surface area contributed by atoms with Crippen molar-refractivity contribution in [3.63, 3.8) is 0 Å². The molecule has 3 heterocycles. The summed E-state index contributed by atoms with van der Waals surface area (Å²) in [6, 6.07) is 2.45. The predicted molar refractivity (Wildman–Crippen MR) is 127 cm³/mol. The zero-order chi connectivity index (χ0) is 24.2. The Bertz CT molecular complexity index is 1070. The second-order valence-electron chi connectivity index (χ2n) is 8.65. The van der Waals surface area contributed by atoms with Gasteiger partial charge in [-0.05, 0) is 31.9 Å². The number of Topliss-reactive ketones (excluding diaryl/α,β-unsaturated/α-hetero) is 1. The first-order chi connectivity index (χ1) is 16.3. The Morgan fingerprint density at radius 3 is 2.56 bits per heavy atom. The van der Waals surface area contributed by atoms with Crippen molar-refractivity contribution in [2.45, 2.75) is 44.7 Å². The summed E-state index contributed by atoms with van der Waals surface area (Å²) in [5.41, 5.74) is 12.4. The van der Waals surface area contributed by atoms with Gasteiger partial charge in [0.2, 0.25) is 0 Å². The number of carbonyl (C=O) groups excluding carboxylic acids is 2. The van der Waals surface area contributed by atoms with E-state index in [0.29, 0.717) is 43.4 Å². The van der Waals surface area contributed by atoms with Crippen LogP contribution in [0.4, 0.5) is 27.5 Å². The van der Waals surface area contributed by atoms with Gasteiger partial charge in [0.05, 0.1) is 36.2 Å². The number of primary amides is 1. The van der Waals surface area contributed by atoms with Gasteiger partial charge in [0, 0.05) is 25.2 Å². The van der Waals surface area contributed by atoms with Crippen LogP contribution in [-0.4, -0.2) is 60.0 Å². The number of anilines is 4. The Kier molecular flexibility index (Phi) is 7.23. The van der Waals surface area contributed by atoms with Crippen molar-refractivity contribution in [2.75, 3.05) is 41.8 Å². The van der Waals surface area contributed by atoms with Crippen LogP contribution in [0.25, 0.3) is 0 Å². The lowest BCUT2D eigenvalue weighted by molar-refractivity contribution is 0.0995. The molecule has 2 aromatic rings. The highest BCUT2D eigenvalue weighted by Crippen LogP contribution is 2.29. The molecule has 2 aromatic heterocycles. The van der Waals surface area contributed by atoms with Gasteiger partial charge in [-0.3, -0.25) is 9.59 Å². The second kappa shape index (κ2) is 10.3. The SMILES string of the molecule is CC(=O)c1cc(Nc2nc(N[C@@H]3CCCC[C@@H]3N)c(F)cc2C(N)=O)cnc1N1CCOCC1. The number of ketones is 1. The maximum Gasteiger partial charge on any atom is 0.252 e. The molecule has 1 aliphatic carbocycles. The third-order valence-electron chi connectivity index (χ3n) is 6.20. The first kappa shape index (κ1) is 23.8. The molecule has 2 aliphatic rings. The molecule has 2 fully saturated rings. The molecule has 4 rings (SSSR count). The van der Waals surface area contributed by atoms with Crippen LogP contribution < -0.4 is 27.0 Å². The summed E-state index contributed by atoms with van der Waals surface area (Å²) >= 11 is 0. The zero-order valence-corrected chi connectivity index (χ0v) is 19.1. The van der Waals surface area contributed by atoms with E-state index in [2.05, 4.69) is 20.6 Å². The minimum Gasteiger partial charge on any atom is -0.378 e. The molecular formula is C23H30FN7O3. The molecule has 0 spiro atoms. The molecule has 1 amide bonds. The molecule has 6 N–H and O–H groups in total. The number of pyridine rings is 2. The van der Waals surface area contributed by atoms with Gasteiger partial charge in [0.15, 0.2) is 17.4 Å². The third kappa shape index (κ3) is 5.26. The highest BCUT2D eigenvalue weighted by molar-refractivity contribution is 6.01. The Labute approximate surface area is 197 Å². The molecule has 0 aromatic carbocycles. The average molecular weight is 472 g/mol. The van der Waals surface area contributed by atoms with Crippen LogP contribution in [0, 0.1) is 5.82 Å². The van der Waals surface area contributed by atoms with E-state index in [4.69, 9.17) is 16.2 Å². The van der Waals surface area contributed by atoms with Gasteiger partial charge in [-0.2, -0.15) is 0 Å². The number of morpholine rings is 1. The van der Waals surface area contributed by atoms with Crippen molar-refractivity contribution in [3.8, 4) is 0 Å². The Balaban J connectivity index is 1.64. The van der Waals surface area contributed by atoms with Crippen LogP contribution in [0.5, 0.6) is 0 Å². The van der Waals surface area contributed by atoms with Crippen LogP contribution in [0.15, 0.2) is 18.3 Å². The first-order valence-corrected chi connectivity index (χ1v) is 11.5. The Morgan fingerprint density at radius 2 is 1.88 bits per heavy atom. The van der Waals surface area contributed by atoms with Gasteiger partial charge < -0.3 is 31.7 Å². The van der Waals surface area contributed by atoms with E-state index >= 15 is 0 Å². The molecular weight excluding hydrogens is 441 g/mol. The van der Waals surface area contributed by atoms with Crippen LogP contribution >= 0.6 is 0 Å². The lowest BCUT2D eigenvalue weighted by Gasteiger charge is -2.30. The lowest BCUT2D eigenvalue weighted by Crippen LogP contribution is -2.43. The summed E-state index contributed by atoms with van der Waals surface area (Å²) < 4.78 is 20.1. The zero-order valence-electron chi connectivity index (χ0n) is 19.1. The van der Waals surface area contributed by atoms with E-state index in [-0.39, 0.29) is 35.1 Å². The largest absolute Gasteiger partial charge is 0.378 e. The number of hydrogen-bond acceptors (Lipinski definition) is 9. The minimum absolute atomic E-state index is 0.0143. The highest BCUT2D eigenvalue weighted by Gasteiger charge is 2.25. The molecule has 1 aliphatic heterocycles. The number of nitrogens with zero attached hydrogens (tertiary/aromatic N) is 3. The number of amides is 1. The van der Waals surface area contributed by atoms with E-state index in [1.54, 1.807) is 6.07 Å². The molecule has 2 atom stereocenters. The number of nitrogens with two attached hydrogens (primary N) is 2. The number of rotatable bonds is 7. The molecule has 0 bridgehead atoms. The molecule has 11 heteroatoms. The highest BCUT2D eigenvalue weighted by atomic mass is 19.1. The molecule has 0 unspecified atom stereocenters. The van der Waals surface area contributed by atoms with Crippen molar-refractivity contribution in [3.05, 3.63) is 35.3 Å². The maximum atomic E-state index is 14.8. The fraction of sp³-hybridized carbons (Fsp3) is 0.478. The summed E-state index contributed by atoms with van der Waals surface area (Å²) in [7, 11) is 0.